The highest BCUT2D eigenvalue weighted by molar-refractivity contribution is 7.09. The standard InChI is InChI=1S/C21H27FN4O2S/c1-14-3-4-17(11-19(14)22)21(28)24-8-7-23-20(27)16-5-9-26(10-6-16)12-18-13-29-15(2)25-18/h3-4,11,13,16H,5-10,12H2,1-2H3,(H,23,27)(H,24,28). The molecule has 156 valence electrons. The van der Waals surface area contributed by atoms with E-state index in [1.165, 1.54) is 6.07 Å². The van der Waals surface area contributed by atoms with Gasteiger partial charge < -0.3 is 10.6 Å². The average Bonchev–Trinajstić information content (AvgIpc) is 3.12. The molecule has 0 saturated carbocycles. The summed E-state index contributed by atoms with van der Waals surface area (Å²) in [7, 11) is 0. The van der Waals surface area contributed by atoms with Crippen molar-refractivity contribution in [3.63, 3.8) is 0 Å². The van der Waals surface area contributed by atoms with Crippen LogP contribution in [0.4, 0.5) is 4.39 Å². The number of aromatic nitrogens is 1. The molecule has 0 atom stereocenters. The Kier molecular flexibility index (Phi) is 7.33. The first-order valence-electron chi connectivity index (χ1n) is 9.88. The van der Waals surface area contributed by atoms with Crippen LogP contribution in [0.1, 0.15) is 39.5 Å². The molecule has 0 unspecified atom stereocenters. The lowest BCUT2D eigenvalue weighted by atomic mass is 9.96. The maximum atomic E-state index is 13.5. The smallest absolute Gasteiger partial charge is 0.251 e. The summed E-state index contributed by atoms with van der Waals surface area (Å²) in [5.41, 5.74) is 1.88. The van der Waals surface area contributed by atoms with Gasteiger partial charge in [0.25, 0.3) is 5.91 Å². The quantitative estimate of drug-likeness (QED) is 0.678. The number of amides is 2. The molecule has 0 aliphatic carbocycles. The molecular formula is C21H27FN4O2S. The number of carbonyl (C=O) groups is 2. The number of piperidine rings is 1. The van der Waals surface area contributed by atoms with Crippen LogP contribution >= 0.6 is 11.3 Å². The Bertz CT molecular complexity index is 862. The first kappa shape index (κ1) is 21.4. The first-order valence-corrected chi connectivity index (χ1v) is 10.8. The highest BCUT2D eigenvalue weighted by Crippen LogP contribution is 2.20. The number of aryl methyl sites for hydroxylation is 2. The lowest BCUT2D eigenvalue weighted by Crippen LogP contribution is -2.42. The van der Waals surface area contributed by atoms with Gasteiger partial charge >= 0.3 is 0 Å². The summed E-state index contributed by atoms with van der Waals surface area (Å²) in [4.78, 5) is 31.2. The van der Waals surface area contributed by atoms with E-state index in [-0.39, 0.29) is 23.3 Å². The fraction of sp³-hybridized carbons (Fsp3) is 0.476. The predicted octanol–water partition coefficient (Wildman–Crippen LogP) is 2.66. The molecule has 1 aromatic carbocycles. The third-order valence-electron chi connectivity index (χ3n) is 5.15. The summed E-state index contributed by atoms with van der Waals surface area (Å²) >= 11 is 1.66. The van der Waals surface area contributed by atoms with Crippen LogP contribution in [0.3, 0.4) is 0 Å². The zero-order valence-electron chi connectivity index (χ0n) is 16.8. The Balaban J connectivity index is 1.33. The second-order valence-electron chi connectivity index (χ2n) is 7.42. The fourth-order valence-electron chi connectivity index (χ4n) is 3.41. The van der Waals surface area contributed by atoms with Crippen molar-refractivity contribution in [1.82, 2.24) is 20.5 Å². The number of carbonyl (C=O) groups excluding carboxylic acids is 2. The number of nitrogens with zero attached hydrogens (tertiary/aromatic N) is 2. The number of likely N-dealkylation sites (tertiary alicyclic amines) is 1. The number of hydrogen-bond acceptors (Lipinski definition) is 5. The van der Waals surface area contributed by atoms with Crippen molar-refractivity contribution < 1.29 is 14.0 Å². The van der Waals surface area contributed by atoms with E-state index in [1.807, 2.05) is 6.92 Å². The Morgan fingerprint density at radius 3 is 2.59 bits per heavy atom. The zero-order valence-corrected chi connectivity index (χ0v) is 17.7. The minimum atomic E-state index is -0.401. The van der Waals surface area contributed by atoms with Gasteiger partial charge in [0.1, 0.15) is 5.82 Å². The van der Waals surface area contributed by atoms with Crippen LogP contribution in [0.15, 0.2) is 23.6 Å². The van der Waals surface area contributed by atoms with Crippen LogP contribution in [-0.2, 0) is 11.3 Å². The third kappa shape index (κ3) is 6.08. The maximum absolute atomic E-state index is 13.5. The lowest BCUT2D eigenvalue weighted by molar-refractivity contribution is -0.126. The molecule has 0 spiro atoms. The van der Waals surface area contributed by atoms with E-state index in [0.717, 1.165) is 43.2 Å². The van der Waals surface area contributed by atoms with Crippen molar-refractivity contribution in [3.05, 3.63) is 51.2 Å². The molecule has 8 heteroatoms. The Labute approximate surface area is 174 Å². The van der Waals surface area contributed by atoms with Crippen LogP contribution in [0.25, 0.3) is 0 Å². The normalized spacial score (nSPS) is 15.3. The Morgan fingerprint density at radius 2 is 1.93 bits per heavy atom. The second-order valence-corrected chi connectivity index (χ2v) is 8.48. The topological polar surface area (TPSA) is 74.3 Å². The van der Waals surface area contributed by atoms with E-state index in [9.17, 15) is 14.0 Å². The molecule has 1 fully saturated rings. The van der Waals surface area contributed by atoms with Gasteiger partial charge in [0, 0.05) is 36.5 Å². The molecule has 2 aromatic rings. The van der Waals surface area contributed by atoms with Gasteiger partial charge in [-0.1, -0.05) is 6.07 Å². The SMILES string of the molecule is Cc1nc(CN2CCC(C(=O)NCCNC(=O)c3ccc(C)c(F)c3)CC2)cs1. The first-order chi connectivity index (χ1) is 13.9. The number of thiazole rings is 1. The third-order valence-corrected chi connectivity index (χ3v) is 5.98. The average molecular weight is 419 g/mol. The van der Waals surface area contributed by atoms with Gasteiger partial charge in [0.05, 0.1) is 10.7 Å². The van der Waals surface area contributed by atoms with Crippen molar-refractivity contribution in [3.8, 4) is 0 Å². The number of nitrogens with one attached hydrogen (secondary N) is 2. The van der Waals surface area contributed by atoms with Crippen molar-refractivity contribution in [2.75, 3.05) is 26.2 Å². The molecule has 3 rings (SSSR count). The molecule has 6 nitrogen and oxygen atoms in total. The predicted molar refractivity (Wildman–Crippen MR) is 111 cm³/mol. The van der Waals surface area contributed by atoms with Crippen LogP contribution in [0.5, 0.6) is 0 Å². The molecule has 2 heterocycles. The van der Waals surface area contributed by atoms with E-state index in [2.05, 4.69) is 25.9 Å². The van der Waals surface area contributed by atoms with Gasteiger partial charge in [-0.3, -0.25) is 14.5 Å². The monoisotopic (exact) mass is 418 g/mol. The molecule has 1 aromatic heterocycles. The molecule has 1 aliphatic heterocycles. The van der Waals surface area contributed by atoms with Gasteiger partial charge in [0.2, 0.25) is 5.91 Å². The molecule has 2 N–H and O–H groups in total. The van der Waals surface area contributed by atoms with Crippen molar-refractivity contribution in [1.29, 1.82) is 0 Å². The van der Waals surface area contributed by atoms with Gasteiger partial charge in [-0.2, -0.15) is 0 Å². The summed E-state index contributed by atoms with van der Waals surface area (Å²) in [5.74, 6) is -0.707. The summed E-state index contributed by atoms with van der Waals surface area (Å²) < 4.78 is 13.5. The Hall–Kier alpha value is -2.32. The number of rotatable bonds is 7. The van der Waals surface area contributed by atoms with Crippen LogP contribution < -0.4 is 10.6 Å². The number of halogens is 1. The van der Waals surface area contributed by atoms with Crippen molar-refractivity contribution in [2.24, 2.45) is 5.92 Å². The number of hydrogen-bond donors (Lipinski definition) is 2. The van der Waals surface area contributed by atoms with Gasteiger partial charge in [-0.05, 0) is 57.5 Å². The molecule has 1 saturated heterocycles. The summed E-state index contributed by atoms with van der Waals surface area (Å²) in [6.07, 6.45) is 1.65. The highest BCUT2D eigenvalue weighted by Gasteiger charge is 2.25. The Morgan fingerprint density at radius 1 is 1.21 bits per heavy atom. The van der Waals surface area contributed by atoms with Crippen LogP contribution in [0, 0.1) is 25.6 Å². The van der Waals surface area contributed by atoms with E-state index < -0.39 is 5.82 Å². The molecule has 0 radical (unpaired) electrons. The molecule has 0 bridgehead atoms. The van der Waals surface area contributed by atoms with Crippen molar-refractivity contribution >= 4 is 23.2 Å². The van der Waals surface area contributed by atoms with E-state index in [1.54, 1.807) is 30.4 Å². The van der Waals surface area contributed by atoms with Crippen LogP contribution in [-0.4, -0.2) is 47.9 Å². The highest BCUT2D eigenvalue weighted by atomic mass is 32.1. The van der Waals surface area contributed by atoms with Crippen molar-refractivity contribution in [2.45, 2.75) is 33.2 Å². The van der Waals surface area contributed by atoms with Gasteiger partial charge in [0.15, 0.2) is 0 Å². The van der Waals surface area contributed by atoms with Gasteiger partial charge in [-0.15, -0.1) is 11.3 Å². The van der Waals surface area contributed by atoms with Gasteiger partial charge in [-0.25, -0.2) is 9.37 Å². The summed E-state index contributed by atoms with van der Waals surface area (Å²) in [6.45, 7) is 6.92. The van der Waals surface area contributed by atoms with E-state index in [0.29, 0.717) is 18.7 Å². The molecular weight excluding hydrogens is 391 g/mol. The minimum absolute atomic E-state index is 0.00492. The maximum Gasteiger partial charge on any atom is 0.251 e. The summed E-state index contributed by atoms with van der Waals surface area (Å²) in [6, 6.07) is 4.39. The van der Waals surface area contributed by atoms with Crippen LogP contribution in [0.2, 0.25) is 0 Å². The van der Waals surface area contributed by atoms with E-state index >= 15 is 0 Å². The minimum Gasteiger partial charge on any atom is -0.354 e. The molecule has 1 aliphatic rings. The lowest BCUT2D eigenvalue weighted by Gasteiger charge is -2.30. The largest absolute Gasteiger partial charge is 0.354 e. The fourth-order valence-corrected chi connectivity index (χ4v) is 4.01. The second kappa shape index (κ2) is 9.93. The number of benzene rings is 1. The zero-order chi connectivity index (χ0) is 20.8. The molecule has 29 heavy (non-hydrogen) atoms. The molecule has 2 amide bonds. The summed E-state index contributed by atoms with van der Waals surface area (Å²) in [5, 5.41) is 8.76. The van der Waals surface area contributed by atoms with E-state index in [4.69, 9.17) is 0 Å².